The molecule has 7 heteroatoms. The molecule has 0 aliphatic rings. The summed E-state index contributed by atoms with van der Waals surface area (Å²) in [5.41, 5.74) is 2.98. The van der Waals surface area contributed by atoms with Gasteiger partial charge in [0.2, 0.25) is 0 Å². The van der Waals surface area contributed by atoms with Gasteiger partial charge in [-0.1, -0.05) is 0 Å². The standard InChI is InChI=1S/C14H16N6O/c1-3-19-9-15-5-11(19)6-17-14(21)12-7-18-20-8-10(2)4-16-13(12)20/h4-5,7-9H,3,6H2,1-2H3,(H,17,21). The number of carbonyl (C=O) groups is 1. The normalized spacial score (nSPS) is 11.0. The topological polar surface area (TPSA) is 77.1 Å². The number of hydrogen-bond donors (Lipinski definition) is 1. The Balaban J connectivity index is 1.78. The minimum atomic E-state index is -0.190. The number of imidazole rings is 1. The summed E-state index contributed by atoms with van der Waals surface area (Å²) in [6, 6.07) is 0. The third-order valence-electron chi connectivity index (χ3n) is 3.30. The zero-order chi connectivity index (χ0) is 14.8. The van der Waals surface area contributed by atoms with E-state index in [1.807, 2.05) is 24.6 Å². The number of rotatable bonds is 4. The van der Waals surface area contributed by atoms with E-state index in [1.54, 1.807) is 23.2 Å². The van der Waals surface area contributed by atoms with Gasteiger partial charge in [-0.05, 0) is 19.4 Å². The second-order valence-corrected chi connectivity index (χ2v) is 4.81. The molecule has 0 saturated heterocycles. The number of aromatic nitrogens is 5. The second-order valence-electron chi connectivity index (χ2n) is 4.81. The Kier molecular flexibility index (Phi) is 3.39. The molecule has 0 spiro atoms. The third-order valence-corrected chi connectivity index (χ3v) is 3.30. The molecule has 7 nitrogen and oxygen atoms in total. The Morgan fingerprint density at radius 3 is 3.00 bits per heavy atom. The van der Waals surface area contributed by atoms with Crippen LogP contribution in [0.5, 0.6) is 0 Å². The van der Waals surface area contributed by atoms with Crippen LogP contribution < -0.4 is 5.32 Å². The minimum Gasteiger partial charge on any atom is -0.346 e. The molecular formula is C14H16N6O. The first-order valence-corrected chi connectivity index (χ1v) is 6.76. The van der Waals surface area contributed by atoms with E-state index in [9.17, 15) is 4.79 Å². The van der Waals surface area contributed by atoms with Crippen LogP contribution in [0, 0.1) is 6.92 Å². The van der Waals surface area contributed by atoms with Crippen molar-refractivity contribution in [1.29, 1.82) is 0 Å². The Labute approximate surface area is 121 Å². The zero-order valence-electron chi connectivity index (χ0n) is 11.9. The number of hydrogen-bond acceptors (Lipinski definition) is 4. The van der Waals surface area contributed by atoms with Crippen LogP contribution in [0.3, 0.4) is 0 Å². The van der Waals surface area contributed by atoms with Crippen LogP contribution >= 0.6 is 0 Å². The monoisotopic (exact) mass is 284 g/mol. The van der Waals surface area contributed by atoms with Crippen molar-refractivity contribution in [3.8, 4) is 0 Å². The van der Waals surface area contributed by atoms with E-state index in [1.165, 1.54) is 6.20 Å². The van der Waals surface area contributed by atoms with Gasteiger partial charge in [0, 0.05) is 25.1 Å². The van der Waals surface area contributed by atoms with Crippen LogP contribution in [-0.2, 0) is 13.1 Å². The summed E-state index contributed by atoms with van der Waals surface area (Å²) < 4.78 is 3.60. The maximum absolute atomic E-state index is 12.3. The van der Waals surface area contributed by atoms with E-state index >= 15 is 0 Å². The minimum absolute atomic E-state index is 0.190. The summed E-state index contributed by atoms with van der Waals surface area (Å²) >= 11 is 0. The van der Waals surface area contributed by atoms with Crippen molar-refractivity contribution in [3.63, 3.8) is 0 Å². The molecule has 0 aliphatic carbocycles. The first kappa shape index (κ1) is 13.3. The number of nitrogens with zero attached hydrogens (tertiary/aromatic N) is 5. The second kappa shape index (κ2) is 5.35. The van der Waals surface area contributed by atoms with Gasteiger partial charge in [-0.15, -0.1) is 0 Å². The Morgan fingerprint density at radius 2 is 2.19 bits per heavy atom. The number of fused-ring (bicyclic) bond motifs is 1. The molecule has 1 amide bonds. The summed E-state index contributed by atoms with van der Waals surface area (Å²) in [5.74, 6) is -0.190. The van der Waals surface area contributed by atoms with Crippen molar-refractivity contribution >= 4 is 11.6 Å². The molecule has 3 aromatic rings. The lowest BCUT2D eigenvalue weighted by molar-refractivity contribution is 0.0951. The highest BCUT2D eigenvalue weighted by Gasteiger charge is 2.14. The summed E-state index contributed by atoms with van der Waals surface area (Å²) in [6.07, 6.45) is 8.60. The first-order chi connectivity index (χ1) is 10.2. The van der Waals surface area contributed by atoms with Gasteiger partial charge in [-0.25, -0.2) is 14.5 Å². The lowest BCUT2D eigenvalue weighted by Gasteiger charge is -2.06. The van der Waals surface area contributed by atoms with Crippen LogP contribution in [-0.4, -0.2) is 30.1 Å². The van der Waals surface area contributed by atoms with Gasteiger partial charge in [-0.2, -0.15) is 5.10 Å². The molecule has 1 N–H and O–H groups in total. The maximum atomic E-state index is 12.3. The smallest absolute Gasteiger partial charge is 0.257 e. The predicted octanol–water partition coefficient (Wildman–Crippen LogP) is 1.18. The lowest BCUT2D eigenvalue weighted by atomic mass is 10.3. The molecule has 108 valence electrons. The van der Waals surface area contributed by atoms with Gasteiger partial charge in [0.1, 0.15) is 5.56 Å². The highest BCUT2D eigenvalue weighted by molar-refractivity contribution is 5.99. The maximum Gasteiger partial charge on any atom is 0.257 e. The van der Waals surface area contributed by atoms with Crippen molar-refractivity contribution in [2.45, 2.75) is 26.9 Å². The van der Waals surface area contributed by atoms with Crippen molar-refractivity contribution in [1.82, 2.24) is 29.5 Å². The summed E-state index contributed by atoms with van der Waals surface area (Å²) in [5, 5.41) is 7.03. The van der Waals surface area contributed by atoms with Gasteiger partial charge in [0.25, 0.3) is 5.91 Å². The highest BCUT2D eigenvalue weighted by Crippen LogP contribution is 2.09. The Bertz CT molecular complexity index is 788. The van der Waals surface area contributed by atoms with E-state index in [-0.39, 0.29) is 5.91 Å². The molecular weight excluding hydrogens is 268 g/mol. The van der Waals surface area contributed by atoms with E-state index < -0.39 is 0 Å². The van der Waals surface area contributed by atoms with Gasteiger partial charge in [0.15, 0.2) is 5.65 Å². The number of carbonyl (C=O) groups excluding carboxylic acids is 1. The van der Waals surface area contributed by atoms with Gasteiger partial charge >= 0.3 is 0 Å². The van der Waals surface area contributed by atoms with Crippen LogP contribution in [0.15, 0.2) is 31.1 Å². The van der Waals surface area contributed by atoms with Crippen molar-refractivity contribution in [2.75, 3.05) is 0 Å². The summed E-state index contributed by atoms with van der Waals surface area (Å²) in [7, 11) is 0. The quantitative estimate of drug-likeness (QED) is 0.780. The van der Waals surface area contributed by atoms with Crippen LogP contribution in [0.4, 0.5) is 0 Å². The molecule has 0 fully saturated rings. The molecule has 3 aromatic heterocycles. The fourth-order valence-corrected chi connectivity index (χ4v) is 2.17. The van der Waals surface area contributed by atoms with E-state index in [0.717, 1.165) is 17.8 Å². The summed E-state index contributed by atoms with van der Waals surface area (Å²) in [6.45, 7) is 5.21. The van der Waals surface area contributed by atoms with E-state index in [2.05, 4.69) is 20.4 Å². The molecule has 0 bridgehead atoms. The molecule has 0 aliphatic heterocycles. The average molecular weight is 284 g/mol. The Hall–Kier alpha value is -2.70. The van der Waals surface area contributed by atoms with Gasteiger partial charge in [-0.3, -0.25) is 4.79 Å². The number of amides is 1. The summed E-state index contributed by atoms with van der Waals surface area (Å²) in [4.78, 5) is 20.6. The van der Waals surface area contributed by atoms with Gasteiger partial charge in [0.05, 0.1) is 24.8 Å². The lowest BCUT2D eigenvalue weighted by Crippen LogP contribution is -2.24. The molecule has 3 rings (SSSR count). The van der Waals surface area contributed by atoms with E-state index in [4.69, 9.17) is 0 Å². The molecule has 0 unspecified atom stereocenters. The van der Waals surface area contributed by atoms with Crippen molar-refractivity contribution in [3.05, 3.63) is 47.9 Å². The van der Waals surface area contributed by atoms with Crippen LogP contribution in [0.25, 0.3) is 5.65 Å². The number of nitrogens with one attached hydrogen (secondary N) is 1. The molecule has 0 saturated carbocycles. The third kappa shape index (κ3) is 2.49. The average Bonchev–Trinajstić information content (AvgIpc) is 3.10. The first-order valence-electron chi connectivity index (χ1n) is 6.76. The van der Waals surface area contributed by atoms with Crippen molar-refractivity contribution in [2.24, 2.45) is 0 Å². The highest BCUT2D eigenvalue weighted by atomic mass is 16.1. The molecule has 0 aromatic carbocycles. The fourth-order valence-electron chi connectivity index (χ4n) is 2.17. The largest absolute Gasteiger partial charge is 0.346 e. The molecule has 0 atom stereocenters. The predicted molar refractivity (Wildman–Crippen MR) is 76.8 cm³/mol. The molecule has 0 radical (unpaired) electrons. The Morgan fingerprint density at radius 1 is 1.33 bits per heavy atom. The van der Waals surface area contributed by atoms with Crippen LogP contribution in [0.2, 0.25) is 0 Å². The molecule has 21 heavy (non-hydrogen) atoms. The SMILES string of the molecule is CCn1cncc1CNC(=O)c1cnn2cc(C)cnc12. The zero-order valence-corrected chi connectivity index (χ0v) is 11.9. The van der Waals surface area contributed by atoms with E-state index in [0.29, 0.717) is 17.8 Å². The van der Waals surface area contributed by atoms with Gasteiger partial charge < -0.3 is 9.88 Å². The van der Waals surface area contributed by atoms with Crippen LogP contribution in [0.1, 0.15) is 28.5 Å². The van der Waals surface area contributed by atoms with Crippen molar-refractivity contribution < 1.29 is 4.79 Å². The molecule has 3 heterocycles. The number of aryl methyl sites for hydroxylation is 2. The fraction of sp³-hybridized carbons (Fsp3) is 0.286.